The number of rotatable bonds is 3. The third kappa shape index (κ3) is 3.66. The normalized spacial score (nSPS) is 22.1. The minimum atomic E-state index is 0. The van der Waals surface area contributed by atoms with Crippen LogP contribution in [0.15, 0.2) is 5.38 Å². The van der Waals surface area contributed by atoms with Gasteiger partial charge in [-0.3, -0.25) is 4.79 Å². The first-order valence-electron chi connectivity index (χ1n) is 8.22. The van der Waals surface area contributed by atoms with E-state index in [1.165, 1.54) is 16.9 Å². The van der Waals surface area contributed by atoms with E-state index >= 15 is 0 Å². The standard InChI is InChI=1S/C17H26N2OS.ClH/c1-12-3-4-14-15(11-21-16(14)9-12)17(20)19-7-5-13(6-8-19)10-18-2;/h11-13,18H,3-10H2,1-2H3;1H. The summed E-state index contributed by atoms with van der Waals surface area (Å²) in [6.45, 7) is 5.24. The second kappa shape index (κ2) is 7.80. The van der Waals surface area contributed by atoms with Crippen molar-refractivity contribution in [2.75, 3.05) is 26.7 Å². The molecule has 0 radical (unpaired) electrons. The fraction of sp³-hybridized carbons (Fsp3) is 0.706. The molecule has 1 aromatic rings. The van der Waals surface area contributed by atoms with Crippen molar-refractivity contribution in [2.45, 2.75) is 39.0 Å². The zero-order valence-electron chi connectivity index (χ0n) is 13.6. The second-order valence-electron chi connectivity index (χ2n) is 6.69. The van der Waals surface area contributed by atoms with Crippen LogP contribution in [0.4, 0.5) is 0 Å². The maximum Gasteiger partial charge on any atom is 0.254 e. The number of thiophene rings is 1. The third-order valence-corrected chi connectivity index (χ3v) is 6.08. The molecule has 1 aliphatic carbocycles. The number of nitrogens with zero attached hydrogens (tertiary/aromatic N) is 1. The summed E-state index contributed by atoms with van der Waals surface area (Å²) >= 11 is 1.80. The highest BCUT2D eigenvalue weighted by atomic mass is 35.5. The fourth-order valence-electron chi connectivity index (χ4n) is 3.66. The molecule has 22 heavy (non-hydrogen) atoms. The Hall–Kier alpha value is -0.580. The number of carbonyl (C=O) groups is 1. The van der Waals surface area contributed by atoms with Crippen molar-refractivity contribution in [3.05, 3.63) is 21.4 Å². The predicted octanol–water partition coefficient (Wildman–Crippen LogP) is 3.37. The van der Waals surface area contributed by atoms with Crippen molar-refractivity contribution in [2.24, 2.45) is 11.8 Å². The minimum absolute atomic E-state index is 0. The largest absolute Gasteiger partial charge is 0.339 e. The van der Waals surface area contributed by atoms with Crippen molar-refractivity contribution in [3.8, 4) is 0 Å². The summed E-state index contributed by atoms with van der Waals surface area (Å²) in [6.07, 6.45) is 5.76. The van der Waals surface area contributed by atoms with Gasteiger partial charge in [-0.05, 0) is 63.1 Å². The number of amides is 1. The Kier molecular flexibility index (Phi) is 6.30. The molecule has 1 N–H and O–H groups in total. The molecule has 2 heterocycles. The summed E-state index contributed by atoms with van der Waals surface area (Å²) in [5.74, 6) is 1.79. The zero-order chi connectivity index (χ0) is 14.8. The smallest absolute Gasteiger partial charge is 0.254 e. The van der Waals surface area contributed by atoms with Gasteiger partial charge in [0.15, 0.2) is 0 Å². The monoisotopic (exact) mass is 342 g/mol. The van der Waals surface area contributed by atoms with Crippen LogP contribution in [0.2, 0.25) is 0 Å². The van der Waals surface area contributed by atoms with E-state index < -0.39 is 0 Å². The molecule has 1 saturated heterocycles. The molecule has 5 heteroatoms. The predicted molar refractivity (Wildman–Crippen MR) is 95.3 cm³/mol. The van der Waals surface area contributed by atoms with E-state index in [0.29, 0.717) is 0 Å². The zero-order valence-corrected chi connectivity index (χ0v) is 15.2. The Morgan fingerprint density at radius 2 is 2.09 bits per heavy atom. The lowest BCUT2D eigenvalue weighted by molar-refractivity contribution is 0.0690. The average Bonchev–Trinajstić information content (AvgIpc) is 2.90. The van der Waals surface area contributed by atoms with Crippen molar-refractivity contribution in [1.82, 2.24) is 10.2 Å². The van der Waals surface area contributed by atoms with E-state index in [4.69, 9.17) is 0 Å². The number of carbonyl (C=O) groups excluding carboxylic acids is 1. The van der Waals surface area contributed by atoms with E-state index in [0.717, 1.165) is 62.7 Å². The molecule has 1 unspecified atom stereocenters. The van der Waals surface area contributed by atoms with E-state index in [1.54, 1.807) is 11.3 Å². The lowest BCUT2D eigenvalue weighted by Crippen LogP contribution is -2.40. The van der Waals surface area contributed by atoms with Gasteiger partial charge in [-0.1, -0.05) is 6.92 Å². The quantitative estimate of drug-likeness (QED) is 0.913. The van der Waals surface area contributed by atoms with Gasteiger partial charge in [0.1, 0.15) is 0 Å². The highest BCUT2D eigenvalue weighted by molar-refractivity contribution is 7.10. The molecule has 0 saturated carbocycles. The van der Waals surface area contributed by atoms with Gasteiger partial charge in [-0.25, -0.2) is 0 Å². The Bertz CT molecular complexity index is 509. The summed E-state index contributed by atoms with van der Waals surface area (Å²) < 4.78 is 0. The maximum absolute atomic E-state index is 12.8. The highest BCUT2D eigenvalue weighted by Gasteiger charge is 2.28. The topological polar surface area (TPSA) is 32.3 Å². The average molecular weight is 343 g/mol. The fourth-order valence-corrected chi connectivity index (χ4v) is 4.89. The van der Waals surface area contributed by atoms with Gasteiger partial charge < -0.3 is 10.2 Å². The van der Waals surface area contributed by atoms with Crippen LogP contribution in [-0.4, -0.2) is 37.5 Å². The first kappa shape index (κ1) is 17.8. The third-order valence-electron chi connectivity index (χ3n) is 5.03. The molecule has 2 aliphatic rings. The van der Waals surface area contributed by atoms with Crippen LogP contribution in [0, 0.1) is 11.8 Å². The molecule has 3 rings (SSSR count). The van der Waals surface area contributed by atoms with Crippen LogP contribution in [0.1, 0.15) is 47.0 Å². The van der Waals surface area contributed by atoms with Gasteiger partial charge in [0.2, 0.25) is 0 Å². The van der Waals surface area contributed by atoms with Crippen molar-refractivity contribution < 1.29 is 4.79 Å². The van der Waals surface area contributed by atoms with E-state index in [9.17, 15) is 4.79 Å². The first-order valence-corrected chi connectivity index (χ1v) is 9.10. The minimum Gasteiger partial charge on any atom is -0.339 e. The first-order chi connectivity index (χ1) is 10.2. The van der Waals surface area contributed by atoms with E-state index in [2.05, 4.69) is 22.5 Å². The van der Waals surface area contributed by atoms with Crippen LogP contribution >= 0.6 is 23.7 Å². The van der Waals surface area contributed by atoms with Crippen molar-refractivity contribution >= 4 is 29.7 Å². The molecule has 1 aliphatic heterocycles. The van der Waals surface area contributed by atoms with Crippen LogP contribution < -0.4 is 5.32 Å². The molecule has 0 aromatic carbocycles. The van der Waals surface area contributed by atoms with Crippen molar-refractivity contribution in [3.63, 3.8) is 0 Å². The van der Waals surface area contributed by atoms with Gasteiger partial charge >= 0.3 is 0 Å². The molecule has 1 aromatic heterocycles. The Balaban J connectivity index is 0.00000176. The molecule has 0 spiro atoms. The summed E-state index contributed by atoms with van der Waals surface area (Å²) in [7, 11) is 2.01. The van der Waals surface area contributed by atoms with Crippen LogP contribution in [0.25, 0.3) is 0 Å². The van der Waals surface area contributed by atoms with Crippen LogP contribution in [0.3, 0.4) is 0 Å². The lowest BCUT2D eigenvalue weighted by atomic mass is 9.88. The Morgan fingerprint density at radius 1 is 1.36 bits per heavy atom. The summed E-state index contributed by atoms with van der Waals surface area (Å²) in [5.41, 5.74) is 2.37. The van der Waals surface area contributed by atoms with Gasteiger partial charge in [-0.2, -0.15) is 0 Å². The summed E-state index contributed by atoms with van der Waals surface area (Å²) in [5, 5.41) is 5.37. The number of nitrogens with one attached hydrogen (secondary N) is 1. The molecular weight excluding hydrogens is 316 g/mol. The lowest BCUT2D eigenvalue weighted by Gasteiger charge is -2.32. The summed E-state index contributed by atoms with van der Waals surface area (Å²) in [6, 6.07) is 0. The molecular formula is C17H27ClN2OS. The molecule has 1 atom stereocenters. The van der Waals surface area contributed by atoms with Crippen LogP contribution in [-0.2, 0) is 12.8 Å². The maximum atomic E-state index is 12.8. The van der Waals surface area contributed by atoms with Crippen molar-refractivity contribution in [1.29, 1.82) is 0 Å². The molecule has 3 nitrogen and oxygen atoms in total. The Morgan fingerprint density at radius 3 is 2.77 bits per heavy atom. The Labute approximate surface area is 143 Å². The number of halogens is 1. The number of hydrogen-bond donors (Lipinski definition) is 1. The van der Waals surface area contributed by atoms with Crippen LogP contribution in [0.5, 0.6) is 0 Å². The molecule has 1 fully saturated rings. The SMILES string of the molecule is CNCC1CCN(C(=O)c2csc3c2CCC(C)C3)CC1.Cl. The van der Waals surface area contributed by atoms with Gasteiger partial charge in [0, 0.05) is 23.3 Å². The van der Waals surface area contributed by atoms with Gasteiger partial charge in [0.05, 0.1) is 5.56 Å². The number of likely N-dealkylation sites (tertiary alicyclic amines) is 1. The van der Waals surface area contributed by atoms with E-state index in [-0.39, 0.29) is 18.3 Å². The molecule has 124 valence electrons. The highest BCUT2D eigenvalue weighted by Crippen LogP contribution is 2.33. The summed E-state index contributed by atoms with van der Waals surface area (Å²) in [4.78, 5) is 16.3. The number of fused-ring (bicyclic) bond motifs is 1. The van der Waals surface area contributed by atoms with Gasteiger partial charge in [-0.15, -0.1) is 23.7 Å². The molecule has 1 amide bonds. The number of hydrogen-bond acceptors (Lipinski definition) is 3. The number of piperidine rings is 1. The molecule has 0 bridgehead atoms. The second-order valence-corrected chi connectivity index (χ2v) is 7.66. The van der Waals surface area contributed by atoms with Gasteiger partial charge in [0.25, 0.3) is 5.91 Å². The van der Waals surface area contributed by atoms with E-state index in [1.807, 2.05) is 7.05 Å².